The maximum absolute atomic E-state index is 10.9. The van der Waals surface area contributed by atoms with Gasteiger partial charge in [0.15, 0.2) is 0 Å². The lowest BCUT2D eigenvalue weighted by atomic mass is 10.1. The fourth-order valence-corrected chi connectivity index (χ4v) is 2.43. The van der Waals surface area contributed by atoms with Crippen LogP contribution < -0.4 is 5.73 Å². The number of primary amides is 1. The van der Waals surface area contributed by atoms with Gasteiger partial charge in [0.05, 0.1) is 11.2 Å². The minimum atomic E-state index is -0.380. The van der Waals surface area contributed by atoms with Crippen molar-refractivity contribution in [2.24, 2.45) is 5.73 Å². The van der Waals surface area contributed by atoms with Crippen LogP contribution in [0.2, 0.25) is 0 Å². The topological polar surface area (TPSA) is 74.3 Å². The van der Waals surface area contributed by atoms with Gasteiger partial charge in [-0.3, -0.25) is 14.2 Å². The number of carbonyl (C=O) groups is 2. The summed E-state index contributed by atoms with van der Waals surface area (Å²) in [7, 11) is 0. The van der Waals surface area contributed by atoms with Crippen molar-refractivity contribution in [1.29, 1.82) is 0 Å². The summed E-state index contributed by atoms with van der Waals surface area (Å²) in [4.78, 5) is 20.5. The van der Waals surface area contributed by atoms with Crippen molar-refractivity contribution in [3.8, 4) is 5.69 Å². The Morgan fingerprint density at radius 3 is 2.50 bits per heavy atom. The van der Waals surface area contributed by atoms with Gasteiger partial charge in [-0.15, -0.1) is 0 Å². The average molecular weight is 339 g/mol. The Kier molecular flexibility index (Phi) is 3.60. The van der Waals surface area contributed by atoms with Crippen molar-refractivity contribution in [3.63, 3.8) is 0 Å². The van der Waals surface area contributed by atoms with E-state index in [4.69, 9.17) is 5.73 Å². The summed E-state index contributed by atoms with van der Waals surface area (Å²) in [5.74, 6) is -0.380. The molecule has 2 heterocycles. The summed E-state index contributed by atoms with van der Waals surface area (Å²) in [6.07, 6.45) is 0. The maximum atomic E-state index is 10.9. The summed E-state index contributed by atoms with van der Waals surface area (Å²) < 4.78 is 7.69. The van der Waals surface area contributed by atoms with Crippen molar-refractivity contribution >= 4 is 39.2 Å². The summed E-state index contributed by atoms with van der Waals surface area (Å²) in [5, 5.41) is 1.19. The van der Waals surface area contributed by atoms with E-state index in [1.54, 1.807) is 6.07 Å². The summed E-state index contributed by atoms with van der Waals surface area (Å²) >= 11 is 3.41. The molecule has 2 aliphatic heterocycles. The van der Waals surface area contributed by atoms with Gasteiger partial charge in [0.1, 0.15) is 10.2 Å². The van der Waals surface area contributed by atoms with Gasteiger partial charge in [0, 0.05) is 10.9 Å². The van der Waals surface area contributed by atoms with E-state index in [-0.39, 0.29) is 11.5 Å². The van der Waals surface area contributed by atoms with Crippen LogP contribution in [0.3, 0.4) is 0 Å². The van der Waals surface area contributed by atoms with Gasteiger partial charge in [-0.1, -0.05) is 0 Å². The van der Waals surface area contributed by atoms with E-state index in [0.717, 1.165) is 10.1 Å². The molecule has 0 fully saturated rings. The molecule has 2 N–H and O–H groups in total. The molecule has 106 valence electrons. The van der Waals surface area contributed by atoms with Gasteiger partial charge in [-0.25, -0.2) is 0 Å². The number of carbonyl (C=O) groups excluding carboxylic acids is 2. The van der Waals surface area contributed by atoms with E-state index >= 15 is 0 Å². The summed E-state index contributed by atoms with van der Waals surface area (Å²) in [6, 6.07) is 5.50. The van der Waals surface area contributed by atoms with Gasteiger partial charge in [0.2, 0.25) is 5.91 Å². The second-order valence-electron chi connectivity index (χ2n) is 5.40. The van der Waals surface area contributed by atoms with Gasteiger partial charge in [0.25, 0.3) is 6.47 Å². The highest BCUT2D eigenvalue weighted by Gasteiger charge is 2.30. The quantitative estimate of drug-likeness (QED) is 0.730. The number of nitrogens with two attached hydrogens (primary N) is 1. The van der Waals surface area contributed by atoms with E-state index in [1.807, 2.05) is 37.5 Å². The van der Waals surface area contributed by atoms with Gasteiger partial charge in [-0.05, 0) is 54.9 Å². The Bertz CT molecular complexity index is 698. The molecule has 0 atom stereocenters. The Hall–Kier alpha value is -1.82. The molecular formula is C14H15BrN2O3. The first-order valence-electron chi connectivity index (χ1n) is 6.02. The number of hydrogen-bond acceptors (Lipinski definition) is 3. The van der Waals surface area contributed by atoms with Crippen molar-refractivity contribution in [3.05, 3.63) is 28.4 Å². The normalized spacial score (nSPS) is 11.6. The van der Waals surface area contributed by atoms with Gasteiger partial charge in [-0.2, -0.15) is 0 Å². The van der Waals surface area contributed by atoms with Crippen molar-refractivity contribution in [2.75, 3.05) is 0 Å². The second kappa shape index (κ2) is 4.94. The molecule has 1 aromatic carbocycles. The Morgan fingerprint density at radius 2 is 2.05 bits per heavy atom. The maximum Gasteiger partial charge on any atom is 0.293 e. The molecule has 0 bridgehead atoms. The zero-order valence-corrected chi connectivity index (χ0v) is 13.0. The molecule has 0 unspecified atom stereocenters. The van der Waals surface area contributed by atoms with E-state index in [9.17, 15) is 9.59 Å². The lowest BCUT2D eigenvalue weighted by molar-refractivity contribution is -0.138. The molecule has 2 aliphatic rings. The zero-order chi connectivity index (χ0) is 15.1. The van der Waals surface area contributed by atoms with Crippen LogP contribution in [0.1, 0.15) is 31.1 Å². The highest BCUT2D eigenvalue weighted by Crippen LogP contribution is 2.48. The number of hydrogen-bond donors (Lipinski definition) is 1. The molecule has 0 aromatic heterocycles. The first-order valence-corrected chi connectivity index (χ1v) is 6.81. The van der Waals surface area contributed by atoms with Crippen LogP contribution in [0.25, 0.3) is 16.6 Å². The highest BCUT2D eigenvalue weighted by atomic mass is 79.9. The van der Waals surface area contributed by atoms with Crippen LogP contribution in [0.4, 0.5) is 0 Å². The second-order valence-corrected chi connectivity index (χ2v) is 6.15. The molecule has 0 saturated heterocycles. The van der Waals surface area contributed by atoms with Crippen LogP contribution in [-0.2, 0) is 9.53 Å². The standard InChI is InChI=1S/C9H5BrN2O.C5H10O2/c10-8-7-5-2-1-4(9(11)13)3-6(5)12(7)8;1-5(2,3)7-4-6/h1-3H,(H2,11,13);4H,1-3H3. The minimum absolute atomic E-state index is 0.318. The number of halogens is 1. The minimum Gasteiger partial charge on any atom is -0.462 e. The van der Waals surface area contributed by atoms with Gasteiger partial charge < -0.3 is 10.5 Å². The number of ether oxygens (including phenoxy) is 1. The van der Waals surface area contributed by atoms with Crippen molar-refractivity contribution < 1.29 is 14.3 Å². The SMILES string of the molecule is CC(C)(C)OC=O.NC(=O)c1ccc2c3c(Br)n-3c2c1. The average Bonchev–Trinajstić information content (AvgIpc) is 2.88. The number of benzene rings is 1. The van der Waals surface area contributed by atoms with E-state index < -0.39 is 0 Å². The highest BCUT2D eigenvalue weighted by molar-refractivity contribution is 9.10. The number of rotatable bonds is 2. The first kappa shape index (κ1) is 14.6. The van der Waals surface area contributed by atoms with E-state index in [2.05, 4.69) is 20.7 Å². The molecule has 20 heavy (non-hydrogen) atoms. The molecule has 6 heteroatoms. The predicted molar refractivity (Wildman–Crippen MR) is 80.0 cm³/mol. The number of fused-ring (bicyclic) bond motifs is 4. The molecule has 0 radical (unpaired) electrons. The van der Waals surface area contributed by atoms with Crippen molar-refractivity contribution in [1.82, 2.24) is 4.57 Å². The summed E-state index contributed by atoms with van der Waals surface area (Å²) in [6.45, 7) is 5.92. The molecule has 5 nitrogen and oxygen atoms in total. The molecule has 3 rings (SSSR count). The fraction of sp³-hybridized carbons (Fsp3) is 0.286. The van der Waals surface area contributed by atoms with E-state index in [1.165, 1.54) is 11.1 Å². The van der Waals surface area contributed by atoms with Crippen LogP contribution in [-0.4, -0.2) is 22.5 Å². The fourth-order valence-electron chi connectivity index (χ4n) is 1.76. The number of amides is 1. The Labute approximate surface area is 124 Å². The lowest BCUT2D eigenvalue weighted by Gasteiger charge is -2.14. The molecule has 1 amide bonds. The third-order valence-electron chi connectivity index (χ3n) is 2.75. The van der Waals surface area contributed by atoms with E-state index in [0.29, 0.717) is 12.0 Å². The molecular weight excluding hydrogens is 324 g/mol. The smallest absolute Gasteiger partial charge is 0.293 e. The predicted octanol–water partition coefficient (Wildman–Crippen LogP) is 2.76. The Balaban J connectivity index is 0.000000182. The largest absolute Gasteiger partial charge is 0.462 e. The summed E-state index contributed by atoms with van der Waals surface area (Å²) in [5.41, 5.74) is 7.71. The number of nitrogens with zero attached hydrogens (tertiary/aromatic N) is 1. The first-order chi connectivity index (χ1) is 9.26. The molecule has 0 aliphatic carbocycles. The molecule has 1 aromatic rings. The number of aromatic nitrogens is 1. The zero-order valence-electron chi connectivity index (χ0n) is 11.4. The van der Waals surface area contributed by atoms with Crippen LogP contribution in [0, 0.1) is 0 Å². The molecule has 0 saturated carbocycles. The van der Waals surface area contributed by atoms with Crippen LogP contribution >= 0.6 is 15.9 Å². The lowest BCUT2D eigenvalue weighted by Crippen LogP contribution is -2.17. The third-order valence-corrected chi connectivity index (χ3v) is 3.48. The third kappa shape index (κ3) is 2.70. The monoisotopic (exact) mass is 338 g/mol. The Morgan fingerprint density at radius 1 is 1.40 bits per heavy atom. The van der Waals surface area contributed by atoms with Crippen LogP contribution in [0.5, 0.6) is 0 Å². The van der Waals surface area contributed by atoms with Crippen LogP contribution in [0.15, 0.2) is 22.8 Å². The van der Waals surface area contributed by atoms with Crippen molar-refractivity contribution in [2.45, 2.75) is 26.4 Å². The molecule has 0 spiro atoms. The van der Waals surface area contributed by atoms with Gasteiger partial charge >= 0.3 is 0 Å².